The Morgan fingerprint density at radius 1 is 1.15 bits per heavy atom. The molecule has 2 aromatic carbocycles. The van der Waals surface area contributed by atoms with Crippen molar-refractivity contribution in [3.8, 4) is 0 Å². The number of benzene rings is 2. The van der Waals surface area contributed by atoms with Gasteiger partial charge in [0.1, 0.15) is 0 Å². The van der Waals surface area contributed by atoms with Crippen LogP contribution in [0.3, 0.4) is 0 Å². The van der Waals surface area contributed by atoms with E-state index in [2.05, 4.69) is 5.32 Å². The van der Waals surface area contributed by atoms with Crippen molar-refractivity contribution in [2.24, 2.45) is 5.14 Å². The highest BCUT2D eigenvalue weighted by Crippen LogP contribution is 2.20. The minimum atomic E-state index is -3.78. The highest BCUT2D eigenvalue weighted by molar-refractivity contribution is 7.89. The maximum atomic E-state index is 11.3. The maximum Gasteiger partial charge on any atom is 0.238 e. The number of primary sulfonamides is 1. The van der Waals surface area contributed by atoms with Gasteiger partial charge in [0.2, 0.25) is 10.0 Å². The fraction of sp³-hybridized carbons (Fsp3) is 0.0769. The summed E-state index contributed by atoms with van der Waals surface area (Å²) in [6.07, 6.45) is 0. The SMILES string of the molecule is Nc1cc(NCc2cccc(Cl)c2)cc(S(N)(=O)=O)c1. The normalized spacial score (nSPS) is 11.3. The van der Waals surface area contributed by atoms with Crippen molar-refractivity contribution in [3.63, 3.8) is 0 Å². The number of hydrogen-bond acceptors (Lipinski definition) is 4. The Kier molecular flexibility index (Phi) is 4.17. The number of sulfonamides is 1. The van der Waals surface area contributed by atoms with E-state index < -0.39 is 10.0 Å². The van der Waals surface area contributed by atoms with Gasteiger partial charge in [-0.2, -0.15) is 0 Å². The Balaban J connectivity index is 2.20. The van der Waals surface area contributed by atoms with E-state index in [1.807, 2.05) is 18.2 Å². The molecule has 0 spiro atoms. The number of rotatable bonds is 4. The molecular weight excluding hydrogens is 298 g/mol. The zero-order chi connectivity index (χ0) is 14.8. The lowest BCUT2D eigenvalue weighted by Gasteiger charge is -2.09. The smallest absolute Gasteiger partial charge is 0.238 e. The molecule has 5 N–H and O–H groups in total. The highest BCUT2D eigenvalue weighted by Gasteiger charge is 2.09. The molecule has 0 radical (unpaired) electrons. The molecule has 0 atom stereocenters. The van der Waals surface area contributed by atoms with Crippen molar-refractivity contribution >= 4 is 33.0 Å². The van der Waals surface area contributed by atoms with Crippen LogP contribution in [0.4, 0.5) is 11.4 Å². The quantitative estimate of drug-likeness (QED) is 0.754. The summed E-state index contributed by atoms with van der Waals surface area (Å²) < 4.78 is 22.7. The number of hydrogen-bond donors (Lipinski definition) is 3. The lowest BCUT2D eigenvalue weighted by molar-refractivity contribution is 0.598. The van der Waals surface area contributed by atoms with E-state index in [4.69, 9.17) is 22.5 Å². The molecule has 0 amide bonds. The van der Waals surface area contributed by atoms with Crippen LogP contribution in [0.2, 0.25) is 5.02 Å². The van der Waals surface area contributed by atoms with Crippen molar-refractivity contribution in [1.82, 2.24) is 0 Å². The van der Waals surface area contributed by atoms with Gasteiger partial charge in [0.15, 0.2) is 0 Å². The number of nitrogens with one attached hydrogen (secondary N) is 1. The van der Waals surface area contributed by atoms with Crippen LogP contribution in [0.25, 0.3) is 0 Å². The summed E-state index contributed by atoms with van der Waals surface area (Å²) >= 11 is 5.89. The zero-order valence-electron chi connectivity index (χ0n) is 10.5. The third-order valence-corrected chi connectivity index (χ3v) is 3.77. The zero-order valence-corrected chi connectivity index (χ0v) is 12.1. The van der Waals surface area contributed by atoms with Gasteiger partial charge in [0.05, 0.1) is 4.90 Å². The van der Waals surface area contributed by atoms with Gasteiger partial charge in [0, 0.05) is 22.9 Å². The van der Waals surface area contributed by atoms with Crippen LogP contribution in [0.15, 0.2) is 47.4 Å². The largest absolute Gasteiger partial charge is 0.399 e. The summed E-state index contributed by atoms with van der Waals surface area (Å²) in [6, 6.07) is 11.8. The molecule has 0 saturated carbocycles. The van der Waals surface area contributed by atoms with Crippen LogP contribution in [-0.2, 0) is 16.6 Å². The summed E-state index contributed by atoms with van der Waals surface area (Å²) in [5, 5.41) is 8.82. The van der Waals surface area contributed by atoms with Gasteiger partial charge in [-0.25, -0.2) is 13.6 Å². The van der Waals surface area contributed by atoms with Crippen LogP contribution in [0, 0.1) is 0 Å². The van der Waals surface area contributed by atoms with Crippen LogP contribution >= 0.6 is 11.6 Å². The molecule has 2 aromatic rings. The number of nitrogens with two attached hydrogens (primary N) is 2. The first-order valence-corrected chi connectivity index (χ1v) is 7.69. The fourth-order valence-electron chi connectivity index (χ4n) is 1.74. The summed E-state index contributed by atoms with van der Waals surface area (Å²) in [6.45, 7) is 0.494. The predicted octanol–water partition coefficient (Wildman–Crippen LogP) is 2.18. The number of anilines is 2. The van der Waals surface area contributed by atoms with Crippen LogP contribution in [0.1, 0.15) is 5.56 Å². The molecule has 7 heteroatoms. The van der Waals surface area contributed by atoms with E-state index in [1.54, 1.807) is 12.1 Å². The Morgan fingerprint density at radius 3 is 2.55 bits per heavy atom. The Bertz CT molecular complexity index is 732. The van der Waals surface area contributed by atoms with E-state index in [9.17, 15) is 8.42 Å². The van der Waals surface area contributed by atoms with Crippen molar-refractivity contribution in [3.05, 3.63) is 53.1 Å². The van der Waals surface area contributed by atoms with Crippen LogP contribution < -0.4 is 16.2 Å². The molecule has 0 fully saturated rings. The second-order valence-corrected chi connectivity index (χ2v) is 6.32. The minimum absolute atomic E-state index is 0.0221. The summed E-state index contributed by atoms with van der Waals surface area (Å²) in [5.74, 6) is 0. The van der Waals surface area contributed by atoms with Gasteiger partial charge >= 0.3 is 0 Å². The summed E-state index contributed by atoms with van der Waals surface area (Å²) in [4.78, 5) is -0.0221. The lowest BCUT2D eigenvalue weighted by atomic mass is 10.2. The van der Waals surface area contributed by atoms with Gasteiger partial charge in [-0.1, -0.05) is 23.7 Å². The van der Waals surface area contributed by atoms with Crippen molar-refractivity contribution in [2.75, 3.05) is 11.1 Å². The van der Waals surface area contributed by atoms with Gasteiger partial charge < -0.3 is 11.1 Å². The van der Waals surface area contributed by atoms with Crippen molar-refractivity contribution in [2.45, 2.75) is 11.4 Å². The van der Waals surface area contributed by atoms with Gasteiger partial charge in [-0.3, -0.25) is 0 Å². The molecule has 0 heterocycles. The number of halogens is 1. The van der Waals surface area contributed by atoms with Crippen molar-refractivity contribution < 1.29 is 8.42 Å². The molecular formula is C13H14ClN3O2S. The second-order valence-electron chi connectivity index (χ2n) is 4.32. The average Bonchev–Trinajstić information content (AvgIpc) is 2.35. The molecule has 5 nitrogen and oxygen atoms in total. The maximum absolute atomic E-state index is 11.3. The number of nitrogen functional groups attached to an aromatic ring is 1. The molecule has 0 bridgehead atoms. The van der Waals surface area contributed by atoms with E-state index in [0.717, 1.165) is 5.56 Å². The van der Waals surface area contributed by atoms with Crippen LogP contribution in [0.5, 0.6) is 0 Å². The van der Waals surface area contributed by atoms with Crippen LogP contribution in [-0.4, -0.2) is 8.42 Å². The van der Waals surface area contributed by atoms with Crippen molar-refractivity contribution in [1.29, 1.82) is 0 Å². The molecule has 0 aliphatic rings. The standard InChI is InChI=1S/C13H14ClN3O2S/c14-10-3-1-2-9(4-10)8-17-12-5-11(15)6-13(7-12)20(16,18)19/h1-7,17H,8,15H2,(H2,16,18,19). The van der Waals surface area contributed by atoms with E-state index >= 15 is 0 Å². The van der Waals surface area contributed by atoms with E-state index in [1.165, 1.54) is 12.1 Å². The Morgan fingerprint density at radius 2 is 1.90 bits per heavy atom. The van der Waals surface area contributed by atoms with Gasteiger partial charge in [-0.05, 0) is 35.9 Å². The summed E-state index contributed by atoms with van der Waals surface area (Å²) in [7, 11) is -3.78. The first-order chi connectivity index (χ1) is 9.34. The highest BCUT2D eigenvalue weighted by atomic mass is 35.5. The average molecular weight is 312 g/mol. The molecule has 0 aliphatic carbocycles. The minimum Gasteiger partial charge on any atom is -0.399 e. The van der Waals surface area contributed by atoms with E-state index in [0.29, 0.717) is 22.9 Å². The Hall–Kier alpha value is -1.76. The van der Waals surface area contributed by atoms with Gasteiger partial charge in [0.25, 0.3) is 0 Å². The molecule has 20 heavy (non-hydrogen) atoms. The third kappa shape index (κ3) is 3.86. The first kappa shape index (κ1) is 14.6. The van der Waals surface area contributed by atoms with Gasteiger partial charge in [-0.15, -0.1) is 0 Å². The third-order valence-electron chi connectivity index (χ3n) is 2.64. The van der Waals surface area contributed by atoms with E-state index in [-0.39, 0.29) is 4.90 Å². The molecule has 2 rings (SSSR count). The predicted molar refractivity (Wildman–Crippen MR) is 81.0 cm³/mol. The second kappa shape index (κ2) is 5.70. The summed E-state index contributed by atoms with van der Waals surface area (Å²) in [5.41, 5.74) is 7.54. The molecule has 0 saturated heterocycles. The Labute approximate surface area is 122 Å². The topological polar surface area (TPSA) is 98.2 Å². The lowest BCUT2D eigenvalue weighted by Crippen LogP contribution is -2.13. The first-order valence-electron chi connectivity index (χ1n) is 5.76. The molecule has 0 aromatic heterocycles. The molecule has 106 valence electrons. The molecule has 0 unspecified atom stereocenters. The molecule has 0 aliphatic heterocycles. The monoisotopic (exact) mass is 311 g/mol. The fourth-order valence-corrected chi connectivity index (χ4v) is 2.54.